The predicted octanol–water partition coefficient (Wildman–Crippen LogP) is 3.25. The largest absolute Gasteiger partial charge is 0.598 e. The maximum absolute atomic E-state index is 11.8. The van der Waals surface area contributed by atoms with Gasteiger partial charge in [0.2, 0.25) is 0 Å². The minimum Gasteiger partial charge on any atom is -0.598 e. The molecule has 6 heteroatoms. The first-order valence-electron chi connectivity index (χ1n) is 5.04. The number of aromatic hydroxyl groups is 1. The topological polar surface area (TPSA) is 55.3 Å². The maximum Gasteiger partial charge on any atom is 0.136 e. The van der Waals surface area contributed by atoms with Crippen LogP contribution in [0.25, 0.3) is 0 Å². The molecule has 96 valence electrons. The van der Waals surface area contributed by atoms with Gasteiger partial charge in [0.15, 0.2) is 0 Å². The third-order valence-electron chi connectivity index (χ3n) is 2.11. The van der Waals surface area contributed by atoms with Crippen molar-refractivity contribution in [3.05, 3.63) is 27.7 Å². The van der Waals surface area contributed by atoms with Crippen molar-refractivity contribution in [2.75, 3.05) is 0 Å². The van der Waals surface area contributed by atoms with E-state index in [9.17, 15) is 9.66 Å². The van der Waals surface area contributed by atoms with E-state index in [1.54, 1.807) is 0 Å². The average Bonchev–Trinajstić information content (AvgIpc) is 2.22. The van der Waals surface area contributed by atoms with Crippen molar-refractivity contribution in [3.8, 4) is 5.75 Å². The molecule has 2 N–H and O–H groups in total. The van der Waals surface area contributed by atoms with E-state index >= 15 is 0 Å². The summed E-state index contributed by atoms with van der Waals surface area (Å²) in [5.74, 6) is 0.0396. The summed E-state index contributed by atoms with van der Waals surface area (Å²) in [6, 6.07) is 2.98. The van der Waals surface area contributed by atoms with Gasteiger partial charge in [-0.2, -0.15) is 0 Å². The molecular weight excluding hydrogens is 281 g/mol. The second kappa shape index (κ2) is 5.67. The zero-order valence-corrected chi connectivity index (χ0v) is 12.2. The number of phenols is 1. The number of rotatable bonds is 3. The second-order valence-electron chi connectivity index (χ2n) is 4.56. The van der Waals surface area contributed by atoms with E-state index in [4.69, 9.17) is 23.2 Å². The van der Waals surface area contributed by atoms with Crippen LogP contribution in [0.15, 0.2) is 12.1 Å². The Hall–Kier alpha value is -0.130. The summed E-state index contributed by atoms with van der Waals surface area (Å²) in [7, 11) is 0. The highest BCUT2D eigenvalue weighted by Crippen LogP contribution is 2.32. The first kappa shape index (κ1) is 14.9. The van der Waals surface area contributed by atoms with Crippen molar-refractivity contribution in [3.63, 3.8) is 0 Å². The minimum atomic E-state index is -1.22. The summed E-state index contributed by atoms with van der Waals surface area (Å²) < 4.78 is 14.2. The lowest BCUT2D eigenvalue weighted by Crippen LogP contribution is -2.39. The van der Waals surface area contributed by atoms with Crippen LogP contribution in [0.5, 0.6) is 5.75 Å². The molecule has 0 aliphatic rings. The Morgan fingerprint density at radius 1 is 1.35 bits per heavy atom. The second-order valence-corrected chi connectivity index (χ2v) is 7.40. The van der Waals surface area contributed by atoms with E-state index in [0.29, 0.717) is 10.6 Å². The Morgan fingerprint density at radius 3 is 2.47 bits per heavy atom. The van der Waals surface area contributed by atoms with Crippen LogP contribution in [0.2, 0.25) is 10.0 Å². The molecule has 0 aliphatic carbocycles. The van der Waals surface area contributed by atoms with Gasteiger partial charge >= 0.3 is 0 Å². The van der Waals surface area contributed by atoms with Crippen LogP contribution in [0.3, 0.4) is 0 Å². The third-order valence-corrected chi connectivity index (χ3v) is 4.47. The van der Waals surface area contributed by atoms with Crippen LogP contribution in [-0.4, -0.2) is 14.4 Å². The lowest BCUT2D eigenvalue weighted by Gasteiger charge is -2.24. The van der Waals surface area contributed by atoms with E-state index in [2.05, 4.69) is 4.72 Å². The molecule has 1 aromatic rings. The third kappa shape index (κ3) is 3.93. The Bertz CT molecular complexity index is 407. The van der Waals surface area contributed by atoms with Gasteiger partial charge in [-0.05, 0) is 32.9 Å². The lowest BCUT2D eigenvalue weighted by atomic mass is 10.2. The molecular formula is C11H15Cl2NO2S. The number of halogens is 2. The zero-order chi connectivity index (χ0) is 13.2. The van der Waals surface area contributed by atoms with Crippen molar-refractivity contribution < 1.29 is 9.66 Å². The fourth-order valence-corrected chi connectivity index (χ4v) is 2.22. The monoisotopic (exact) mass is 295 g/mol. The van der Waals surface area contributed by atoms with Crippen LogP contribution in [-0.2, 0) is 17.9 Å². The highest BCUT2D eigenvalue weighted by atomic mass is 35.5. The molecule has 0 amide bonds. The molecule has 3 nitrogen and oxygen atoms in total. The SMILES string of the molecule is CC(C)(C)[S+]([O-])NCc1c(O)ccc(Cl)c1Cl. The van der Waals surface area contributed by atoms with E-state index in [1.165, 1.54) is 12.1 Å². The van der Waals surface area contributed by atoms with Crippen molar-refractivity contribution >= 4 is 34.6 Å². The summed E-state index contributed by atoms with van der Waals surface area (Å²) in [5.41, 5.74) is 0.455. The molecule has 0 saturated heterocycles. The molecule has 0 radical (unpaired) electrons. The quantitative estimate of drug-likeness (QED) is 0.842. The van der Waals surface area contributed by atoms with Gasteiger partial charge in [-0.25, -0.2) is 0 Å². The molecule has 1 aromatic carbocycles. The predicted molar refractivity (Wildman–Crippen MR) is 72.9 cm³/mol. The number of phenolic OH excluding ortho intramolecular Hbond substituents is 1. The summed E-state index contributed by atoms with van der Waals surface area (Å²) in [6.07, 6.45) is 0. The average molecular weight is 296 g/mol. The van der Waals surface area contributed by atoms with Crippen LogP contribution in [0.4, 0.5) is 0 Å². The number of benzene rings is 1. The van der Waals surface area contributed by atoms with Gasteiger partial charge in [0.25, 0.3) is 0 Å². The fourth-order valence-electron chi connectivity index (χ4n) is 1.10. The minimum absolute atomic E-state index is 0.0396. The summed E-state index contributed by atoms with van der Waals surface area (Å²) in [6.45, 7) is 5.77. The molecule has 0 spiro atoms. The standard InChI is InChI=1S/C11H15Cl2NO2S/c1-11(2,3)17(16)14-6-7-9(15)5-4-8(12)10(7)13/h4-5,14-15H,6H2,1-3H3. The number of nitrogens with one attached hydrogen (secondary N) is 1. The van der Waals surface area contributed by atoms with Crippen LogP contribution >= 0.6 is 23.2 Å². The molecule has 0 fully saturated rings. The highest BCUT2D eigenvalue weighted by molar-refractivity contribution is 7.90. The molecule has 0 aliphatic heterocycles. The first-order chi connectivity index (χ1) is 7.73. The van der Waals surface area contributed by atoms with Crippen molar-refractivity contribution in [2.45, 2.75) is 32.1 Å². The number of hydrogen-bond acceptors (Lipinski definition) is 3. The van der Waals surface area contributed by atoms with E-state index in [1.807, 2.05) is 20.8 Å². The van der Waals surface area contributed by atoms with Crippen molar-refractivity contribution in [1.29, 1.82) is 0 Å². The molecule has 1 unspecified atom stereocenters. The van der Waals surface area contributed by atoms with Gasteiger partial charge in [0.1, 0.15) is 10.5 Å². The van der Waals surface area contributed by atoms with E-state index in [0.717, 1.165) is 0 Å². The van der Waals surface area contributed by atoms with E-state index < -0.39 is 11.4 Å². The number of hydrogen-bond donors (Lipinski definition) is 2. The Morgan fingerprint density at radius 2 is 1.94 bits per heavy atom. The van der Waals surface area contributed by atoms with Crippen molar-refractivity contribution in [1.82, 2.24) is 4.72 Å². The van der Waals surface area contributed by atoms with Crippen LogP contribution < -0.4 is 4.72 Å². The van der Waals surface area contributed by atoms with Crippen LogP contribution in [0.1, 0.15) is 26.3 Å². The molecule has 1 rings (SSSR count). The van der Waals surface area contributed by atoms with Gasteiger partial charge in [-0.1, -0.05) is 23.2 Å². The molecule has 0 saturated carbocycles. The summed E-state index contributed by atoms with van der Waals surface area (Å²) in [4.78, 5) is 0. The molecule has 17 heavy (non-hydrogen) atoms. The fraction of sp³-hybridized carbons (Fsp3) is 0.455. The van der Waals surface area contributed by atoms with Gasteiger partial charge < -0.3 is 9.66 Å². The Labute approximate surface area is 114 Å². The first-order valence-corrected chi connectivity index (χ1v) is 6.95. The molecule has 0 heterocycles. The smallest absolute Gasteiger partial charge is 0.136 e. The molecule has 0 aromatic heterocycles. The highest BCUT2D eigenvalue weighted by Gasteiger charge is 2.26. The van der Waals surface area contributed by atoms with Gasteiger partial charge in [-0.3, -0.25) is 0 Å². The molecule has 0 bridgehead atoms. The Balaban J connectivity index is 2.80. The van der Waals surface area contributed by atoms with Gasteiger partial charge in [0.05, 0.1) is 16.6 Å². The summed E-state index contributed by atoms with van der Waals surface area (Å²) >= 11 is 10.6. The molecule has 1 atom stereocenters. The normalized spacial score (nSPS) is 13.8. The van der Waals surface area contributed by atoms with Gasteiger partial charge in [0, 0.05) is 16.9 Å². The van der Waals surface area contributed by atoms with Crippen molar-refractivity contribution in [2.24, 2.45) is 0 Å². The maximum atomic E-state index is 11.8. The Kier molecular flexibility index (Phi) is 4.98. The zero-order valence-electron chi connectivity index (χ0n) is 9.88. The van der Waals surface area contributed by atoms with Crippen LogP contribution in [0, 0.1) is 0 Å². The van der Waals surface area contributed by atoms with Gasteiger partial charge in [-0.15, -0.1) is 4.72 Å². The lowest BCUT2D eigenvalue weighted by molar-refractivity contribution is 0.466. The van der Waals surface area contributed by atoms with E-state index in [-0.39, 0.29) is 22.1 Å². The summed E-state index contributed by atoms with van der Waals surface area (Å²) in [5, 5.41) is 10.3.